The van der Waals surface area contributed by atoms with E-state index in [9.17, 15) is 4.79 Å². The number of hydrogen-bond acceptors (Lipinski definition) is 3. The lowest BCUT2D eigenvalue weighted by Crippen LogP contribution is -2.31. The van der Waals surface area contributed by atoms with E-state index < -0.39 is 0 Å². The summed E-state index contributed by atoms with van der Waals surface area (Å²) in [4.78, 5) is 15.1. The number of ether oxygens (including phenoxy) is 1. The zero-order chi connectivity index (χ0) is 11.0. The number of carbonyl (C=O) groups excluding carboxylic acids is 1. The highest BCUT2D eigenvalue weighted by Crippen LogP contribution is 1.87. The standard InChI is InChI=1S/C10H22N2O2/c1-5-11(3)7-8-14-9-10(13)12(4)6-2/h5-9H2,1-4H3. The Morgan fingerprint density at radius 3 is 2.36 bits per heavy atom. The van der Waals surface area contributed by atoms with Gasteiger partial charge in [-0.25, -0.2) is 0 Å². The Bertz CT molecular complexity index is 162. The number of rotatable bonds is 7. The Morgan fingerprint density at radius 1 is 1.21 bits per heavy atom. The monoisotopic (exact) mass is 202 g/mol. The molecule has 4 heteroatoms. The van der Waals surface area contributed by atoms with Crippen molar-refractivity contribution in [3.05, 3.63) is 0 Å². The molecular formula is C10H22N2O2. The van der Waals surface area contributed by atoms with Crippen LogP contribution in [0.2, 0.25) is 0 Å². The zero-order valence-corrected chi connectivity index (χ0v) is 9.75. The first-order valence-corrected chi connectivity index (χ1v) is 5.12. The third-order valence-corrected chi connectivity index (χ3v) is 2.28. The van der Waals surface area contributed by atoms with Crippen molar-refractivity contribution in [3.63, 3.8) is 0 Å². The van der Waals surface area contributed by atoms with Crippen LogP contribution in [0.1, 0.15) is 13.8 Å². The second-order valence-electron chi connectivity index (χ2n) is 3.36. The summed E-state index contributed by atoms with van der Waals surface area (Å²) in [6.45, 7) is 7.47. The molecule has 0 aliphatic heterocycles. The molecule has 4 nitrogen and oxygen atoms in total. The average Bonchev–Trinajstić information content (AvgIpc) is 2.22. The minimum absolute atomic E-state index is 0.0478. The van der Waals surface area contributed by atoms with Gasteiger partial charge in [0, 0.05) is 20.1 Å². The van der Waals surface area contributed by atoms with Crippen LogP contribution in [0, 0.1) is 0 Å². The molecule has 0 heterocycles. The first-order chi connectivity index (χ1) is 6.61. The van der Waals surface area contributed by atoms with E-state index in [0.29, 0.717) is 6.61 Å². The fourth-order valence-corrected chi connectivity index (χ4v) is 0.825. The summed E-state index contributed by atoms with van der Waals surface area (Å²) in [7, 11) is 3.81. The van der Waals surface area contributed by atoms with Gasteiger partial charge in [-0.3, -0.25) is 4.79 Å². The molecule has 0 aromatic heterocycles. The topological polar surface area (TPSA) is 32.8 Å². The van der Waals surface area contributed by atoms with E-state index >= 15 is 0 Å². The van der Waals surface area contributed by atoms with Crippen LogP contribution < -0.4 is 0 Å². The highest BCUT2D eigenvalue weighted by Gasteiger charge is 2.05. The first kappa shape index (κ1) is 13.4. The number of amides is 1. The van der Waals surface area contributed by atoms with Crippen molar-refractivity contribution in [3.8, 4) is 0 Å². The average molecular weight is 202 g/mol. The maximum absolute atomic E-state index is 11.3. The number of carbonyl (C=O) groups is 1. The maximum atomic E-state index is 11.3. The van der Waals surface area contributed by atoms with Gasteiger partial charge in [-0.2, -0.15) is 0 Å². The van der Waals surface area contributed by atoms with Gasteiger partial charge in [0.25, 0.3) is 0 Å². The molecule has 0 aromatic carbocycles. The molecule has 0 atom stereocenters. The van der Waals surface area contributed by atoms with Crippen LogP contribution in [0.25, 0.3) is 0 Å². The summed E-state index contributed by atoms with van der Waals surface area (Å²) in [5.74, 6) is 0.0478. The van der Waals surface area contributed by atoms with E-state index in [2.05, 4.69) is 11.8 Å². The van der Waals surface area contributed by atoms with Gasteiger partial charge in [0.15, 0.2) is 0 Å². The van der Waals surface area contributed by atoms with E-state index in [1.54, 1.807) is 11.9 Å². The molecule has 1 amide bonds. The Kier molecular flexibility index (Phi) is 7.42. The molecule has 0 rings (SSSR count). The van der Waals surface area contributed by atoms with Gasteiger partial charge in [-0.05, 0) is 20.5 Å². The Balaban J connectivity index is 3.40. The van der Waals surface area contributed by atoms with Crippen molar-refractivity contribution in [2.24, 2.45) is 0 Å². The quantitative estimate of drug-likeness (QED) is 0.561. The molecule has 0 fully saturated rings. The van der Waals surface area contributed by atoms with Crippen LogP contribution in [0.3, 0.4) is 0 Å². The highest BCUT2D eigenvalue weighted by atomic mass is 16.5. The Hall–Kier alpha value is -0.610. The van der Waals surface area contributed by atoms with Gasteiger partial charge in [-0.15, -0.1) is 0 Å². The van der Waals surface area contributed by atoms with E-state index in [4.69, 9.17) is 4.74 Å². The predicted octanol–water partition coefficient (Wildman–Crippen LogP) is 0.433. The minimum atomic E-state index is 0.0478. The highest BCUT2D eigenvalue weighted by molar-refractivity contribution is 5.77. The normalized spacial score (nSPS) is 10.6. The maximum Gasteiger partial charge on any atom is 0.248 e. The lowest BCUT2D eigenvalue weighted by molar-refractivity contribution is -0.134. The molecule has 0 aromatic rings. The van der Waals surface area contributed by atoms with E-state index in [0.717, 1.165) is 19.6 Å². The van der Waals surface area contributed by atoms with Crippen molar-refractivity contribution in [1.29, 1.82) is 0 Å². The second kappa shape index (κ2) is 7.76. The molecule has 0 aliphatic carbocycles. The van der Waals surface area contributed by atoms with Crippen LogP contribution in [-0.4, -0.2) is 62.7 Å². The molecule has 0 aliphatic rings. The van der Waals surface area contributed by atoms with E-state index in [1.807, 2.05) is 14.0 Å². The van der Waals surface area contributed by atoms with Gasteiger partial charge in [0.05, 0.1) is 6.61 Å². The largest absolute Gasteiger partial charge is 0.370 e. The lowest BCUT2D eigenvalue weighted by Gasteiger charge is -2.16. The van der Waals surface area contributed by atoms with Crippen LogP contribution in [0.4, 0.5) is 0 Å². The molecule has 0 N–H and O–H groups in total. The molecule has 0 bridgehead atoms. The Labute approximate surface area is 86.8 Å². The van der Waals surface area contributed by atoms with Crippen LogP contribution in [0.5, 0.6) is 0 Å². The summed E-state index contributed by atoms with van der Waals surface area (Å²) in [5.41, 5.74) is 0. The number of likely N-dealkylation sites (N-methyl/N-ethyl adjacent to an activating group) is 2. The number of hydrogen-bond donors (Lipinski definition) is 0. The molecule has 0 saturated heterocycles. The van der Waals surface area contributed by atoms with Crippen molar-refractivity contribution in [1.82, 2.24) is 9.80 Å². The molecule has 0 saturated carbocycles. The molecule has 84 valence electrons. The van der Waals surface area contributed by atoms with Crippen LogP contribution in [0.15, 0.2) is 0 Å². The van der Waals surface area contributed by atoms with E-state index in [-0.39, 0.29) is 12.5 Å². The van der Waals surface area contributed by atoms with Gasteiger partial charge >= 0.3 is 0 Å². The van der Waals surface area contributed by atoms with Crippen molar-refractivity contribution < 1.29 is 9.53 Å². The predicted molar refractivity (Wildman–Crippen MR) is 57.3 cm³/mol. The van der Waals surface area contributed by atoms with Crippen LogP contribution >= 0.6 is 0 Å². The third-order valence-electron chi connectivity index (χ3n) is 2.28. The third kappa shape index (κ3) is 5.94. The summed E-state index contributed by atoms with van der Waals surface area (Å²) in [6, 6.07) is 0. The fourth-order valence-electron chi connectivity index (χ4n) is 0.825. The molecule has 14 heavy (non-hydrogen) atoms. The van der Waals surface area contributed by atoms with Crippen molar-refractivity contribution >= 4 is 5.91 Å². The summed E-state index contributed by atoms with van der Waals surface area (Å²) < 4.78 is 5.26. The van der Waals surface area contributed by atoms with Crippen molar-refractivity contribution in [2.45, 2.75) is 13.8 Å². The SMILES string of the molecule is CCN(C)CCOCC(=O)N(C)CC. The smallest absolute Gasteiger partial charge is 0.248 e. The van der Waals surface area contributed by atoms with Gasteiger partial charge < -0.3 is 14.5 Å². The van der Waals surface area contributed by atoms with Gasteiger partial charge in [0.2, 0.25) is 5.91 Å². The first-order valence-electron chi connectivity index (χ1n) is 5.12. The summed E-state index contributed by atoms with van der Waals surface area (Å²) in [5, 5.41) is 0. The van der Waals surface area contributed by atoms with Gasteiger partial charge in [0.1, 0.15) is 6.61 Å². The summed E-state index contributed by atoms with van der Waals surface area (Å²) in [6.07, 6.45) is 0. The lowest BCUT2D eigenvalue weighted by atomic mass is 10.5. The molecule has 0 unspecified atom stereocenters. The van der Waals surface area contributed by atoms with E-state index in [1.165, 1.54) is 0 Å². The van der Waals surface area contributed by atoms with Crippen LogP contribution in [-0.2, 0) is 9.53 Å². The zero-order valence-electron chi connectivity index (χ0n) is 9.75. The number of nitrogens with zero attached hydrogens (tertiary/aromatic N) is 2. The summed E-state index contributed by atoms with van der Waals surface area (Å²) >= 11 is 0. The molecule has 0 spiro atoms. The minimum Gasteiger partial charge on any atom is -0.370 e. The molecular weight excluding hydrogens is 180 g/mol. The second-order valence-corrected chi connectivity index (χ2v) is 3.36. The fraction of sp³-hybridized carbons (Fsp3) is 0.900. The Morgan fingerprint density at radius 2 is 1.86 bits per heavy atom. The van der Waals surface area contributed by atoms with Crippen molar-refractivity contribution in [2.75, 3.05) is 46.9 Å². The molecule has 0 radical (unpaired) electrons. The van der Waals surface area contributed by atoms with Gasteiger partial charge in [-0.1, -0.05) is 6.92 Å².